The van der Waals surface area contributed by atoms with Gasteiger partial charge < -0.3 is 5.32 Å². The van der Waals surface area contributed by atoms with Crippen LogP contribution in [0.3, 0.4) is 0 Å². The van der Waals surface area contributed by atoms with E-state index in [4.69, 9.17) is 0 Å². The Morgan fingerprint density at radius 1 is 1.19 bits per heavy atom. The van der Waals surface area contributed by atoms with E-state index in [2.05, 4.69) is 34.5 Å². The van der Waals surface area contributed by atoms with E-state index >= 15 is 0 Å². The molecule has 2 aromatic heterocycles. The molecule has 0 saturated heterocycles. The third-order valence-corrected chi connectivity index (χ3v) is 3.78. The molecule has 0 radical (unpaired) electrons. The molecule has 2 aromatic rings. The molecule has 0 spiro atoms. The SMILES string of the molecule is Cc1nccnc1NCc1csc(C)c1C. The van der Waals surface area contributed by atoms with E-state index in [-0.39, 0.29) is 0 Å². The van der Waals surface area contributed by atoms with Crippen molar-refractivity contribution in [3.05, 3.63) is 39.5 Å². The lowest BCUT2D eigenvalue weighted by Crippen LogP contribution is -2.04. The average Bonchev–Trinajstić information content (AvgIpc) is 2.59. The minimum atomic E-state index is 0.815. The van der Waals surface area contributed by atoms with Gasteiger partial charge in [0.1, 0.15) is 5.82 Å². The van der Waals surface area contributed by atoms with Gasteiger partial charge in [-0.05, 0) is 37.3 Å². The second-order valence-corrected chi connectivity index (χ2v) is 4.87. The van der Waals surface area contributed by atoms with Gasteiger partial charge in [-0.1, -0.05) is 0 Å². The number of rotatable bonds is 3. The number of hydrogen-bond donors (Lipinski definition) is 1. The van der Waals surface area contributed by atoms with Gasteiger partial charge in [0.2, 0.25) is 0 Å². The third kappa shape index (κ3) is 2.22. The number of nitrogens with one attached hydrogen (secondary N) is 1. The molecule has 0 aliphatic rings. The fraction of sp³-hybridized carbons (Fsp3) is 0.333. The van der Waals surface area contributed by atoms with Crippen molar-refractivity contribution in [3.8, 4) is 0 Å². The maximum Gasteiger partial charge on any atom is 0.147 e. The van der Waals surface area contributed by atoms with Crippen LogP contribution in [0.2, 0.25) is 0 Å². The average molecular weight is 233 g/mol. The fourth-order valence-electron chi connectivity index (χ4n) is 1.50. The van der Waals surface area contributed by atoms with Crippen LogP contribution in [-0.4, -0.2) is 9.97 Å². The maximum atomic E-state index is 4.26. The number of aryl methyl sites for hydroxylation is 2. The lowest BCUT2D eigenvalue weighted by molar-refractivity contribution is 1.04. The van der Waals surface area contributed by atoms with Crippen molar-refractivity contribution in [2.75, 3.05) is 5.32 Å². The van der Waals surface area contributed by atoms with Gasteiger partial charge in [-0.3, -0.25) is 4.98 Å². The first-order chi connectivity index (χ1) is 7.68. The Morgan fingerprint density at radius 3 is 2.56 bits per heavy atom. The third-order valence-electron chi connectivity index (χ3n) is 2.72. The number of thiophene rings is 1. The summed E-state index contributed by atoms with van der Waals surface area (Å²) >= 11 is 1.79. The Hall–Kier alpha value is -1.42. The zero-order valence-corrected chi connectivity index (χ0v) is 10.6. The Bertz CT molecular complexity index is 491. The highest BCUT2D eigenvalue weighted by Crippen LogP contribution is 2.21. The molecule has 1 N–H and O–H groups in total. The second-order valence-electron chi connectivity index (χ2n) is 3.79. The van der Waals surface area contributed by atoms with Crippen molar-refractivity contribution < 1.29 is 0 Å². The molecule has 0 fully saturated rings. The summed E-state index contributed by atoms with van der Waals surface area (Å²) in [5.74, 6) is 0.866. The molecule has 0 aromatic carbocycles. The summed E-state index contributed by atoms with van der Waals surface area (Å²) in [5, 5.41) is 5.51. The molecule has 2 heterocycles. The first-order valence-electron chi connectivity index (χ1n) is 5.23. The van der Waals surface area contributed by atoms with Crippen LogP contribution in [0, 0.1) is 20.8 Å². The van der Waals surface area contributed by atoms with Crippen LogP contribution in [0.25, 0.3) is 0 Å². The Morgan fingerprint density at radius 2 is 1.94 bits per heavy atom. The summed E-state index contributed by atoms with van der Waals surface area (Å²) in [7, 11) is 0. The molecule has 84 valence electrons. The van der Waals surface area contributed by atoms with Gasteiger partial charge in [0.05, 0.1) is 5.69 Å². The van der Waals surface area contributed by atoms with Gasteiger partial charge in [-0.25, -0.2) is 4.98 Å². The smallest absolute Gasteiger partial charge is 0.147 e. The lowest BCUT2D eigenvalue weighted by Gasteiger charge is -2.07. The molecule has 4 heteroatoms. The molecule has 0 atom stereocenters. The van der Waals surface area contributed by atoms with E-state index in [0.29, 0.717) is 0 Å². The molecule has 16 heavy (non-hydrogen) atoms. The van der Waals surface area contributed by atoms with Gasteiger partial charge in [0.25, 0.3) is 0 Å². The Labute approximate surface area is 99.6 Å². The van der Waals surface area contributed by atoms with E-state index in [1.54, 1.807) is 23.7 Å². The number of nitrogens with zero attached hydrogens (tertiary/aromatic N) is 2. The van der Waals surface area contributed by atoms with Gasteiger partial charge in [-0.15, -0.1) is 11.3 Å². The highest BCUT2D eigenvalue weighted by atomic mass is 32.1. The Balaban J connectivity index is 2.08. The van der Waals surface area contributed by atoms with Crippen LogP contribution in [-0.2, 0) is 6.54 Å². The summed E-state index contributed by atoms with van der Waals surface area (Å²) in [5.41, 5.74) is 3.65. The maximum absolute atomic E-state index is 4.26. The number of aromatic nitrogens is 2. The van der Waals surface area contributed by atoms with Crippen molar-refractivity contribution in [1.82, 2.24) is 9.97 Å². The first kappa shape index (κ1) is 11.1. The predicted molar refractivity (Wildman–Crippen MR) is 67.9 cm³/mol. The topological polar surface area (TPSA) is 37.8 Å². The van der Waals surface area contributed by atoms with Crippen LogP contribution < -0.4 is 5.32 Å². The molecular weight excluding hydrogens is 218 g/mol. The monoisotopic (exact) mass is 233 g/mol. The van der Waals surface area contributed by atoms with Crippen molar-refractivity contribution >= 4 is 17.2 Å². The molecule has 0 bridgehead atoms. The molecule has 2 rings (SSSR count). The lowest BCUT2D eigenvalue weighted by atomic mass is 10.2. The first-order valence-corrected chi connectivity index (χ1v) is 6.11. The van der Waals surface area contributed by atoms with Crippen molar-refractivity contribution in [1.29, 1.82) is 0 Å². The van der Waals surface area contributed by atoms with Crippen LogP contribution in [0.1, 0.15) is 21.7 Å². The zero-order chi connectivity index (χ0) is 11.5. The van der Waals surface area contributed by atoms with Gasteiger partial charge in [0.15, 0.2) is 0 Å². The number of hydrogen-bond acceptors (Lipinski definition) is 4. The van der Waals surface area contributed by atoms with Crippen molar-refractivity contribution in [2.24, 2.45) is 0 Å². The fourth-order valence-corrected chi connectivity index (χ4v) is 2.38. The van der Waals surface area contributed by atoms with Crippen molar-refractivity contribution in [2.45, 2.75) is 27.3 Å². The van der Waals surface area contributed by atoms with E-state index in [9.17, 15) is 0 Å². The largest absolute Gasteiger partial charge is 0.364 e. The van der Waals surface area contributed by atoms with Gasteiger partial charge in [-0.2, -0.15) is 0 Å². The van der Waals surface area contributed by atoms with E-state index in [1.165, 1.54) is 16.0 Å². The summed E-state index contributed by atoms with van der Waals surface area (Å²) in [6.45, 7) is 7.08. The molecule has 0 unspecified atom stereocenters. The molecule has 3 nitrogen and oxygen atoms in total. The van der Waals surface area contributed by atoms with E-state index < -0.39 is 0 Å². The second kappa shape index (κ2) is 4.61. The van der Waals surface area contributed by atoms with Crippen LogP contribution in [0.5, 0.6) is 0 Å². The van der Waals surface area contributed by atoms with Crippen LogP contribution in [0.15, 0.2) is 17.8 Å². The highest BCUT2D eigenvalue weighted by Gasteiger charge is 2.05. The minimum absolute atomic E-state index is 0.815. The molecule has 0 aliphatic heterocycles. The number of anilines is 1. The summed E-state index contributed by atoms with van der Waals surface area (Å²) < 4.78 is 0. The Kier molecular flexibility index (Phi) is 3.19. The molecule has 0 aliphatic carbocycles. The molecular formula is C12H15N3S. The normalized spacial score (nSPS) is 10.4. The predicted octanol–water partition coefficient (Wildman–Crippen LogP) is 3.08. The van der Waals surface area contributed by atoms with Gasteiger partial charge in [0, 0.05) is 23.8 Å². The molecule has 0 amide bonds. The van der Waals surface area contributed by atoms with E-state index in [0.717, 1.165) is 18.1 Å². The van der Waals surface area contributed by atoms with Crippen molar-refractivity contribution in [3.63, 3.8) is 0 Å². The summed E-state index contributed by atoms with van der Waals surface area (Å²) in [6, 6.07) is 0. The van der Waals surface area contributed by atoms with Crippen LogP contribution in [0.4, 0.5) is 5.82 Å². The summed E-state index contributed by atoms with van der Waals surface area (Å²) in [6.07, 6.45) is 3.42. The zero-order valence-electron chi connectivity index (χ0n) is 9.74. The molecule has 0 saturated carbocycles. The van der Waals surface area contributed by atoms with Gasteiger partial charge >= 0.3 is 0 Å². The standard InChI is InChI=1S/C12H15N3S/c1-8-10(3)16-7-11(8)6-15-12-9(2)13-4-5-14-12/h4-5,7H,6H2,1-3H3,(H,14,15). The van der Waals surface area contributed by atoms with Crippen LogP contribution >= 0.6 is 11.3 Å². The summed E-state index contributed by atoms with van der Waals surface area (Å²) in [4.78, 5) is 9.84. The minimum Gasteiger partial charge on any atom is -0.364 e. The highest BCUT2D eigenvalue weighted by molar-refractivity contribution is 7.10. The van der Waals surface area contributed by atoms with E-state index in [1.807, 2.05) is 6.92 Å². The quantitative estimate of drug-likeness (QED) is 0.885.